The minimum atomic E-state index is 1.18. The van der Waals surface area contributed by atoms with E-state index in [1.807, 2.05) is 0 Å². The summed E-state index contributed by atoms with van der Waals surface area (Å²) in [6, 6.07) is 0. The van der Waals surface area contributed by atoms with Gasteiger partial charge in [-0.3, -0.25) is 0 Å². The van der Waals surface area contributed by atoms with Crippen LogP contribution in [0.2, 0.25) is 0 Å². The van der Waals surface area contributed by atoms with E-state index in [0.717, 1.165) is 0 Å². The van der Waals surface area contributed by atoms with Crippen LogP contribution in [0, 0.1) is 23.7 Å². The molecule has 0 radical (unpaired) electrons. The van der Waals surface area contributed by atoms with Crippen LogP contribution in [0.4, 0.5) is 0 Å². The zero-order valence-electron chi connectivity index (χ0n) is 7.97. The molecule has 0 saturated heterocycles. The molecule has 68 valence electrons. The number of hydrogen-bond donors (Lipinski definition) is 0. The van der Waals surface area contributed by atoms with E-state index in [1.165, 1.54) is 23.7 Å². The van der Waals surface area contributed by atoms with Crippen LogP contribution in [0.1, 0.15) is 51.4 Å². The van der Waals surface area contributed by atoms with Crippen LogP contribution >= 0.6 is 0 Å². The molecular formula is C12H20. The van der Waals surface area contributed by atoms with Crippen LogP contribution in [0.25, 0.3) is 0 Å². The predicted octanol–water partition coefficient (Wildman–Crippen LogP) is 3.61. The van der Waals surface area contributed by atoms with Gasteiger partial charge in [-0.05, 0) is 49.4 Å². The van der Waals surface area contributed by atoms with Crippen LogP contribution in [0.5, 0.6) is 0 Å². The first kappa shape index (κ1) is 7.41. The molecule has 0 aliphatic heterocycles. The van der Waals surface area contributed by atoms with Crippen LogP contribution in [0.3, 0.4) is 0 Å². The van der Waals surface area contributed by atoms with Gasteiger partial charge in [0.1, 0.15) is 0 Å². The molecule has 2 atom stereocenters. The second-order valence-electron chi connectivity index (χ2n) is 5.29. The Kier molecular flexibility index (Phi) is 1.70. The zero-order chi connectivity index (χ0) is 7.97. The molecule has 2 unspecified atom stereocenters. The summed E-state index contributed by atoms with van der Waals surface area (Å²) in [5.74, 6) is 4.75. The first-order chi connectivity index (χ1) is 5.95. The fourth-order valence-electron chi connectivity index (χ4n) is 3.58. The van der Waals surface area contributed by atoms with Gasteiger partial charge in [-0.1, -0.05) is 25.7 Å². The van der Waals surface area contributed by atoms with Crippen molar-refractivity contribution < 1.29 is 0 Å². The highest BCUT2D eigenvalue weighted by atomic mass is 14.5. The molecule has 0 bridgehead atoms. The summed E-state index contributed by atoms with van der Waals surface area (Å²) in [5, 5.41) is 0. The fourth-order valence-corrected chi connectivity index (χ4v) is 3.58. The van der Waals surface area contributed by atoms with Crippen molar-refractivity contribution in [2.24, 2.45) is 23.7 Å². The van der Waals surface area contributed by atoms with Gasteiger partial charge in [0.25, 0.3) is 0 Å². The molecule has 12 heavy (non-hydrogen) atoms. The van der Waals surface area contributed by atoms with Crippen LogP contribution in [0.15, 0.2) is 0 Å². The second-order valence-corrected chi connectivity index (χ2v) is 5.29. The molecule has 0 N–H and O–H groups in total. The van der Waals surface area contributed by atoms with Gasteiger partial charge in [0.05, 0.1) is 0 Å². The van der Waals surface area contributed by atoms with Gasteiger partial charge in [-0.25, -0.2) is 0 Å². The Morgan fingerprint density at radius 1 is 0.500 bits per heavy atom. The lowest BCUT2D eigenvalue weighted by atomic mass is 9.71. The van der Waals surface area contributed by atoms with E-state index in [4.69, 9.17) is 0 Å². The third-order valence-electron chi connectivity index (χ3n) is 4.61. The van der Waals surface area contributed by atoms with Crippen molar-refractivity contribution in [3.63, 3.8) is 0 Å². The van der Waals surface area contributed by atoms with Crippen molar-refractivity contribution in [3.05, 3.63) is 0 Å². The van der Waals surface area contributed by atoms with E-state index in [1.54, 1.807) is 51.4 Å². The Labute approximate surface area is 75.7 Å². The Hall–Kier alpha value is 0. The van der Waals surface area contributed by atoms with Gasteiger partial charge in [0.15, 0.2) is 0 Å². The Morgan fingerprint density at radius 3 is 1.42 bits per heavy atom. The highest BCUT2D eigenvalue weighted by molar-refractivity contribution is 4.93. The summed E-state index contributed by atoms with van der Waals surface area (Å²) < 4.78 is 0. The summed E-state index contributed by atoms with van der Waals surface area (Å²) in [5.41, 5.74) is 0. The lowest BCUT2D eigenvalue weighted by Gasteiger charge is -2.35. The van der Waals surface area contributed by atoms with Crippen molar-refractivity contribution in [3.8, 4) is 0 Å². The fraction of sp³-hybridized carbons (Fsp3) is 1.00. The Bertz CT molecular complexity index is 165. The van der Waals surface area contributed by atoms with Gasteiger partial charge < -0.3 is 0 Å². The maximum atomic E-state index is 1.59. The van der Waals surface area contributed by atoms with Crippen molar-refractivity contribution >= 4 is 0 Å². The zero-order valence-corrected chi connectivity index (χ0v) is 7.97. The molecule has 0 heterocycles. The molecule has 0 heteroatoms. The van der Waals surface area contributed by atoms with Crippen LogP contribution < -0.4 is 0 Å². The maximum absolute atomic E-state index is 1.59. The van der Waals surface area contributed by atoms with Gasteiger partial charge in [0.2, 0.25) is 0 Å². The SMILES string of the molecule is C1CC(C2CCCC2C2CC2)C1. The highest BCUT2D eigenvalue weighted by Gasteiger charge is 2.43. The van der Waals surface area contributed by atoms with E-state index >= 15 is 0 Å². The average molecular weight is 164 g/mol. The predicted molar refractivity (Wildman–Crippen MR) is 50.9 cm³/mol. The topological polar surface area (TPSA) is 0 Å². The second kappa shape index (κ2) is 2.75. The summed E-state index contributed by atoms with van der Waals surface area (Å²) in [4.78, 5) is 0. The van der Waals surface area contributed by atoms with Gasteiger partial charge >= 0.3 is 0 Å². The normalized spacial score (nSPS) is 43.0. The van der Waals surface area contributed by atoms with Crippen molar-refractivity contribution in [2.45, 2.75) is 51.4 Å². The first-order valence-corrected chi connectivity index (χ1v) is 5.95. The summed E-state index contributed by atoms with van der Waals surface area (Å²) >= 11 is 0. The summed E-state index contributed by atoms with van der Waals surface area (Å²) in [6.45, 7) is 0. The van der Waals surface area contributed by atoms with Crippen LogP contribution in [-0.2, 0) is 0 Å². The third kappa shape index (κ3) is 1.11. The molecule has 0 aromatic heterocycles. The maximum Gasteiger partial charge on any atom is -0.0355 e. The Morgan fingerprint density at radius 2 is 1.00 bits per heavy atom. The van der Waals surface area contributed by atoms with E-state index in [0.29, 0.717) is 0 Å². The number of hydrogen-bond acceptors (Lipinski definition) is 0. The lowest BCUT2D eigenvalue weighted by Crippen LogP contribution is -2.25. The Balaban J connectivity index is 1.66. The summed E-state index contributed by atoms with van der Waals surface area (Å²) in [7, 11) is 0. The van der Waals surface area contributed by atoms with Gasteiger partial charge in [-0.2, -0.15) is 0 Å². The smallest absolute Gasteiger partial charge is 0.0355 e. The molecule has 3 rings (SSSR count). The molecule has 3 fully saturated rings. The van der Waals surface area contributed by atoms with Gasteiger partial charge in [0, 0.05) is 0 Å². The quantitative estimate of drug-likeness (QED) is 0.585. The minimum Gasteiger partial charge on any atom is -0.0528 e. The molecule has 3 aliphatic carbocycles. The molecule has 0 amide bonds. The molecule has 0 spiro atoms. The van der Waals surface area contributed by atoms with Crippen molar-refractivity contribution in [2.75, 3.05) is 0 Å². The van der Waals surface area contributed by atoms with Crippen molar-refractivity contribution in [1.29, 1.82) is 0 Å². The number of rotatable bonds is 2. The lowest BCUT2D eigenvalue weighted by molar-refractivity contribution is 0.154. The molecule has 0 aromatic carbocycles. The van der Waals surface area contributed by atoms with Gasteiger partial charge in [-0.15, -0.1) is 0 Å². The van der Waals surface area contributed by atoms with Crippen molar-refractivity contribution in [1.82, 2.24) is 0 Å². The molecule has 0 nitrogen and oxygen atoms in total. The van der Waals surface area contributed by atoms with E-state index in [2.05, 4.69) is 0 Å². The van der Waals surface area contributed by atoms with E-state index < -0.39 is 0 Å². The largest absolute Gasteiger partial charge is 0.0528 e. The highest BCUT2D eigenvalue weighted by Crippen LogP contribution is 2.53. The molecule has 3 saturated carbocycles. The van der Waals surface area contributed by atoms with E-state index in [9.17, 15) is 0 Å². The first-order valence-electron chi connectivity index (χ1n) is 5.95. The molecule has 3 aliphatic rings. The standard InChI is InChI=1S/C12H20/c1-3-9(4-1)11-5-2-6-12(11)10-7-8-10/h9-12H,1-8H2. The molecular weight excluding hydrogens is 144 g/mol. The van der Waals surface area contributed by atoms with Crippen LogP contribution in [-0.4, -0.2) is 0 Å². The monoisotopic (exact) mass is 164 g/mol. The average Bonchev–Trinajstić information content (AvgIpc) is 2.70. The van der Waals surface area contributed by atoms with E-state index in [-0.39, 0.29) is 0 Å². The summed E-state index contributed by atoms with van der Waals surface area (Å²) in [6.07, 6.45) is 12.6. The minimum absolute atomic E-state index is 1.18. The molecule has 0 aromatic rings. The third-order valence-corrected chi connectivity index (χ3v) is 4.61.